The Bertz CT molecular complexity index is 826. The Morgan fingerprint density at radius 2 is 1.73 bits per heavy atom. The van der Waals surface area contributed by atoms with Crippen molar-refractivity contribution in [3.05, 3.63) is 29.8 Å². The van der Waals surface area contributed by atoms with Crippen molar-refractivity contribution >= 4 is 23.6 Å². The van der Waals surface area contributed by atoms with Crippen LogP contribution in [0.5, 0.6) is 0 Å². The van der Waals surface area contributed by atoms with Gasteiger partial charge in [0.05, 0.1) is 5.92 Å². The van der Waals surface area contributed by atoms with Crippen molar-refractivity contribution in [1.82, 2.24) is 9.80 Å². The molecule has 33 heavy (non-hydrogen) atoms. The van der Waals surface area contributed by atoms with Gasteiger partial charge in [0.1, 0.15) is 5.60 Å². The number of nitrogens with one attached hydrogen (secondary N) is 1. The predicted octanol–water partition coefficient (Wildman–Crippen LogP) is 3.36. The summed E-state index contributed by atoms with van der Waals surface area (Å²) in [5, 5.41) is 2.99. The first-order chi connectivity index (χ1) is 15.6. The van der Waals surface area contributed by atoms with Crippen molar-refractivity contribution in [2.24, 2.45) is 17.6 Å². The van der Waals surface area contributed by atoms with Crippen LogP contribution >= 0.6 is 0 Å². The van der Waals surface area contributed by atoms with E-state index in [9.17, 15) is 14.4 Å². The minimum absolute atomic E-state index is 0.00111. The Kier molecular flexibility index (Phi) is 8.35. The smallest absolute Gasteiger partial charge is 0.410 e. The zero-order valence-electron chi connectivity index (χ0n) is 20.1. The van der Waals surface area contributed by atoms with E-state index in [1.54, 1.807) is 4.90 Å². The lowest BCUT2D eigenvalue weighted by Crippen LogP contribution is -2.42. The average Bonchev–Trinajstić information content (AvgIpc) is 2.74. The molecule has 1 aromatic rings. The number of amides is 3. The quantitative estimate of drug-likeness (QED) is 0.680. The van der Waals surface area contributed by atoms with Crippen LogP contribution in [-0.2, 0) is 20.9 Å². The van der Waals surface area contributed by atoms with E-state index in [2.05, 4.69) is 10.2 Å². The van der Waals surface area contributed by atoms with Gasteiger partial charge in [0.2, 0.25) is 11.8 Å². The second-order valence-electron chi connectivity index (χ2n) is 10.3. The summed E-state index contributed by atoms with van der Waals surface area (Å²) in [6.07, 6.45) is 3.63. The number of likely N-dealkylation sites (tertiary alicyclic amines) is 2. The first-order valence-corrected chi connectivity index (χ1v) is 12.0. The number of benzene rings is 1. The van der Waals surface area contributed by atoms with Gasteiger partial charge in [0.25, 0.3) is 0 Å². The number of nitrogens with two attached hydrogens (primary N) is 1. The van der Waals surface area contributed by atoms with Crippen LogP contribution in [-0.4, -0.2) is 59.5 Å². The SMILES string of the molecule is CC(C)(C)OC(=O)N1CCC(CC(=O)Nc2ccc(CN3CCCC(C(N)=O)C3)cc2)CC1. The van der Waals surface area contributed by atoms with Crippen LogP contribution in [0.25, 0.3) is 0 Å². The molecule has 8 nitrogen and oxygen atoms in total. The van der Waals surface area contributed by atoms with E-state index < -0.39 is 5.60 Å². The number of nitrogens with zero attached hydrogens (tertiary/aromatic N) is 2. The summed E-state index contributed by atoms with van der Waals surface area (Å²) >= 11 is 0. The molecule has 0 radical (unpaired) electrons. The minimum Gasteiger partial charge on any atom is -0.444 e. The first kappa shape index (κ1) is 25.0. The summed E-state index contributed by atoms with van der Waals surface area (Å²) in [7, 11) is 0. The zero-order valence-corrected chi connectivity index (χ0v) is 20.1. The number of piperidine rings is 2. The largest absolute Gasteiger partial charge is 0.444 e. The first-order valence-electron chi connectivity index (χ1n) is 12.0. The number of carbonyl (C=O) groups excluding carboxylic acids is 3. The van der Waals surface area contributed by atoms with Crippen LogP contribution in [0.3, 0.4) is 0 Å². The molecular formula is C25H38N4O4. The molecule has 2 aliphatic rings. The van der Waals surface area contributed by atoms with Gasteiger partial charge in [0, 0.05) is 38.3 Å². The van der Waals surface area contributed by atoms with Crippen molar-refractivity contribution in [1.29, 1.82) is 0 Å². The number of carbonyl (C=O) groups is 3. The van der Waals surface area contributed by atoms with Crippen LogP contribution in [0.4, 0.5) is 10.5 Å². The van der Waals surface area contributed by atoms with Crippen LogP contribution in [0.15, 0.2) is 24.3 Å². The maximum absolute atomic E-state index is 12.5. The number of rotatable bonds is 6. The van der Waals surface area contributed by atoms with Crippen LogP contribution < -0.4 is 11.1 Å². The maximum Gasteiger partial charge on any atom is 0.410 e. The second kappa shape index (κ2) is 11.0. The Hall–Kier alpha value is -2.61. The highest BCUT2D eigenvalue weighted by Crippen LogP contribution is 2.23. The van der Waals surface area contributed by atoms with Crippen LogP contribution in [0.1, 0.15) is 58.4 Å². The summed E-state index contributed by atoms with van der Waals surface area (Å²) in [6, 6.07) is 7.88. The molecule has 2 heterocycles. The molecule has 0 saturated carbocycles. The van der Waals surface area contributed by atoms with Crippen LogP contribution in [0.2, 0.25) is 0 Å². The molecule has 1 unspecified atom stereocenters. The summed E-state index contributed by atoms with van der Waals surface area (Å²) < 4.78 is 5.43. The third kappa shape index (κ3) is 8.03. The molecular weight excluding hydrogens is 420 g/mol. The molecule has 1 aromatic carbocycles. The molecule has 2 fully saturated rings. The highest BCUT2D eigenvalue weighted by Gasteiger charge is 2.28. The highest BCUT2D eigenvalue weighted by molar-refractivity contribution is 5.90. The van der Waals surface area contributed by atoms with Gasteiger partial charge in [-0.2, -0.15) is 0 Å². The van der Waals surface area contributed by atoms with E-state index in [0.29, 0.717) is 26.1 Å². The van der Waals surface area contributed by atoms with E-state index in [1.807, 2.05) is 45.0 Å². The molecule has 3 N–H and O–H groups in total. The van der Waals surface area contributed by atoms with E-state index in [4.69, 9.17) is 10.5 Å². The Labute approximate surface area is 196 Å². The van der Waals surface area contributed by atoms with Crippen molar-refractivity contribution in [2.75, 3.05) is 31.5 Å². The lowest BCUT2D eigenvalue weighted by Gasteiger charge is -2.33. The molecule has 2 aliphatic heterocycles. The van der Waals surface area contributed by atoms with Crippen molar-refractivity contribution < 1.29 is 19.1 Å². The van der Waals surface area contributed by atoms with Crippen molar-refractivity contribution in [3.63, 3.8) is 0 Å². The van der Waals surface area contributed by atoms with E-state index in [0.717, 1.165) is 50.0 Å². The fourth-order valence-corrected chi connectivity index (χ4v) is 4.50. The van der Waals surface area contributed by atoms with Gasteiger partial charge >= 0.3 is 6.09 Å². The second-order valence-corrected chi connectivity index (χ2v) is 10.3. The number of primary amides is 1. The standard InChI is InChI=1S/C25H38N4O4/c1-25(2,3)33-24(32)29-13-10-18(11-14-29)15-22(30)27-21-8-6-19(7-9-21)16-28-12-4-5-20(17-28)23(26)31/h6-9,18,20H,4-5,10-17H2,1-3H3,(H2,26,31)(H,27,30). The molecule has 0 spiro atoms. The van der Waals surface area contributed by atoms with Gasteiger partial charge in [-0.1, -0.05) is 12.1 Å². The van der Waals surface area contributed by atoms with Crippen LogP contribution in [0, 0.1) is 11.8 Å². The normalized spacial score (nSPS) is 20.3. The third-order valence-corrected chi connectivity index (χ3v) is 6.29. The van der Waals surface area contributed by atoms with Crippen molar-refractivity contribution in [3.8, 4) is 0 Å². The van der Waals surface area contributed by atoms with Gasteiger partial charge in [-0.15, -0.1) is 0 Å². The van der Waals surface area contributed by atoms with E-state index in [-0.39, 0.29) is 29.7 Å². The lowest BCUT2D eigenvalue weighted by atomic mass is 9.93. The maximum atomic E-state index is 12.5. The highest BCUT2D eigenvalue weighted by atomic mass is 16.6. The Balaban J connectivity index is 1.40. The number of ether oxygens (including phenoxy) is 1. The predicted molar refractivity (Wildman–Crippen MR) is 127 cm³/mol. The molecule has 0 aromatic heterocycles. The summed E-state index contributed by atoms with van der Waals surface area (Å²) in [4.78, 5) is 40.2. The molecule has 8 heteroatoms. The Morgan fingerprint density at radius 1 is 1.06 bits per heavy atom. The summed E-state index contributed by atoms with van der Waals surface area (Å²) in [5.41, 5.74) is 6.90. The Morgan fingerprint density at radius 3 is 2.33 bits per heavy atom. The molecule has 0 aliphatic carbocycles. The molecule has 2 saturated heterocycles. The summed E-state index contributed by atoms with van der Waals surface area (Å²) in [6.45, 7) is 9.28. The fourth-order valence-electron chi connectivity index (χ4n) is 4.50. The number of hydrogen-bond donors (Lipinski definition) is 2. The number of anilines is 1. The monoisotopic (exact) mass is 458 g/mol. The molecule has 182 valence electrons. The molecule has 1 atom stereocenters. The topological polar surface area (TPSA) is 105 Å². The average molecular weight is 459 g/mol. The lowest BCUT2D eigenvalue weighted by molar-refractivity contribution is -0.123. The van der Waals surface area contributed by atoms with Crippen molar-refractivity contribution in [2.45, 2.75) is 65.0 Å². The van der Waals surface area contributed by atoms with E-state index in [1.165, 1.54) is 0 Å². The van der Waals surface area contributed by atoms with Gasteiger partial charge in [-0.05, 0) is 76.6 Å². The fraction of sp³-hybridized carbons (Fsp3) is 0.640. The number of hydrogen-bond acceptors (Lipinski definition) is 5. The molecule has 0 bridgehead atoms. The third-order valence-electron chi connectivity index (χ3n) is 6.29. The molecule has 3 rings (SSSR count). The van der Waals surface area contributed by atoms with Gasteiger partial charge < -0.3 is 20.7 Å². The van der Waals surface area contributed by atoms with E-state index >= 15 is 0 Å². The van der Waals surface area contributed by atoms with Gasteiger partial charge in [-0.25, -0.2) is 4.79 Å². The zero-order chi connectivity index (χ0) is 24.0. The van der Waals surface area contributed by atoms with Gasteiger partial charge in [-0.3, -0.25) is 14.5 Å². The minimum atomic E-state index is -0.497. The van der Waals surface area contributed by atoms with Gasteiger partial charge in [0.15, 0.2) is 0 Å². The summed E-state index contributed by atoms with van der Waals surface area (Å²) in [5.74, 6) is -0.0133. The molecule has 3 amide bonds.